The molecule has 0 unspecified atom stereocenters. The van der Waals surface area contributed by atoms with Crippen LogP contribution in [0.4, 0.5) is 0 Å². The maximum absolute atomic E-state index is 10.3. The predicted octanol–water partition coefficient (Wildman–Crippen LogP) is 1.68. The van der Waals surface area contributed by atoms with E-state index in [1.54, 1.807) is 0 Å². The minimum absolute atomic E-state index is 0.396. The van der Waals surface area contributed by atoms with Gasteiger partial charge in [-0.3, -0.25) is 9.58 Å². The van der Waals surface area contributed by atoms with Crippen LogP contribution in [0.5, 0.6) is 0 Å². The van der Waals surface area contributed by atoms with Crippen molar-refractivity contribution in [2.45, 2.75) is 58.3 Å². The first kappa shape index (κ1) is 14.8. The molecule has 2 aromatic rings. The quantitative estimate of drug-likeness (QED) is 0.903. The van der Waals surface area contributed by atoms with Gasteiger partial charge in [-0.25, -0.2) is 0 Å². The number of nitrogens with zero attached hydrogens (tertiary/aromatic N) is 5. The second-order valence-electron chi connectivity index (χ2n) is 6.59. The summed E-state index contributed by atoms with van der Waals surface area (Å²) in [5, 5.41) is 19.0. The van der Waals surface area contributed by atoms with Crippen LogP contribution in [-0.4, -0.2) is 36.5 Å². The van der Waals surface area contributed by atoms with Crippen molar-refractivity contribution in [3.8, 4) is 0 Å². The van der Waals surface area contributed by atoms with Gasteiger partial charge in [-0.1, -0.05) is 12.1 Å². The van der Waals surface area contributed by atoms with Gasteiger partial charge < -0.3 is 9.63 Å². The fraction of sp³-hybridized carbons (Fsp3) is 0.688. The lowest BCUT2D eigenvalue weighted by Gasteiger charge is -2.16. The number of aromatic nitrogens is 4. The third-order valence-corrected chi connectivity index (χ3v) is 4.66. The van der Waals surface area contributed by atoms with Crippen LogP contribution in [0.15, 0.2) is 10.6 Å². The fourth-order valence-electron chi connectivity index (χ4n) is 3.18. The standard InChI is InChI=1S/C16H23N5O2/c1-2-15-17-14(19-23-15)10-20-6-3-7-21-12(9-20)8-13(18-21)16(22)11-4-5-11/h8,11,16,22H,2-7,9-10H2,1H3/t16-/m1/s1. The number of aliphatic hydroxyl groups is 1. The zero-order valence-electron chi connectivity index (χ0n) is 13.5. The van der Waals surface area contributed by atoms with Crippen LogP contribution in [0.3, 0.4) is 0 Å². The highest BCUT2D eigenvalue weighted by atomic mass is 16.5. The van der Waals surface area contributed by atoms with E-state index in [4.69, 9.17) is 4.52 Å². The van der Waals surface area contributed by atoms with E-state index in [-0.39, 0.29) is 0 Å². The second-order valence-corrected chi connectivity index (χ2v) is 6.59. The Labute approximate surface area is 135 Å². The minimum Gasteiger partial charge on any atom is -0.386 e. The van der Waals surface area contributed by atoms with E-state index in [1.807, 2.05) is 6.92 Å². The molecule has 7 nitrogen and oxygen atoms in total. The zero-order valence-corrected chi connectivity index (χ0v) is 13.5. The molecule has 4 rings (SSSR count). The molecule has 23 heavy (non-hydrogen) atoms. The van der Waals surface area contributed by atoms with Crippen LogP contribution < -0.4 is 0 Å². The number of hydrogen-bond donors (Lipinski definition) is 1. The van der Waals surface area contributed by atoms with E-state index in [1.165, 1.54) is 0 Å². The summed E-state index contributed by atoms with van der Waals surface area (Å²) in [7, 11) is 0. The minimum atomic E-state index is -0.396. The van der Waals surface area contributed by atoms with E-state index in [0.717, 1.165) is 62.5 Å². The predicted molar refractivity (Wildman–Crippen MR) is 82.3 cm³/mol. The van der Waals surface area contributed by atoms with Gasteiger partial charge in [0.15, 0.2) is 5.82 Å². The molecule has 124 valence electrons. The summed E-state index contributed by atoms with van der Waals surface area (Å²) in [6.45, 7) is 5.39. The third-order valence-electron chi connectivity index (χ3n) is 4.66. The topological polar surface area (TPSA) is 80.2 Å². The van der Waals surface area contributed by atoms with Gasteiger partial charge in [-0.15, -0.1) is 0 Å². The van der Waals surface area contributed by atoms with Gasteiger partial charge in [-0.2, -0.15) is 10.1 Å². The molecule has 1 aliphatic heterocycles. The van der Waals surface area contributed by atoms with Crippen LogP contribution in [0, 0.1) is 5.92 Å². The van der Waals surface area contributed by atoms with Gasteiger partial charge >= 0.3 is 0 Å². The van der Waals surface area contributed by atoms with Crippen molar-refractivity contribution >= 4 is 0 Å². The third kappa shape index (κ3) is 3.16. The smallest absolute Gasteiger partial charge is 0.226 e. The zero-order chi connectivity index (χ0) is 15.8. The Morgan fingerprint density at radius 2 is 2.26 bits per heavy atom. The first-order valence-corrected chi connectivity index (χ1v) is 8.51. The number of aliphatic hydroxyl groups excluding tert-OH is 1. The lowest BCUT2D eigenvalue weighted by Crippen LogP contribution is -2.23. The number of fused-ring (bicyclic) bond motifs is 1. The molecule has 0 saturated heterocycles. The van der Waals surface area contributed by atoms with Crippen molar-refractivity contribution in [3.63, 3.8) is 0 Å². The Balaban J connectivity index is 1.47. The van der Waals surface area contributed by atoms with Gasteiger partial charge in [0.1, 0.15) is 6.10 Å². The maximum atomic E-state index is 10.3. The Morgan fingerprint density at radius 1 is 1.39 bits per heavy atom. The van der Waals surface area contributed by atoms with Gasteiger partial charge in [0.2, 0.25) is 5.89 Å². The van der Waals surface area contributed by atoms with Crippen molar-refractivity contribution in [2.24, 2.45) is 5.92 Å². The van der Waals surface area contributed by atoms with Crippen molar-refractivity contribution in [3.05, 3.63) is 29.2 Å². The van der Waals surface area contributed by atoms with E-state index in [0.29, 0.717) is 18.4 Å². The summed E-state index contributed by atoms with van der Waals surface area (Å²) < 4.78 is 7.24. The van der Waals surface area contributed by atoms with Crippen molar-refractivity contribution in [2.75, 3.05) is 6.54 Å². The van der Waals surface area contributed by atoms with E-state index in [2.05, 4.69) is 30.9 Å². The van der Waals surface area contributed by atoms with Gasteiger partial charge in [0.25, 0.3) is 0 Å². The average molecular weight is 317 g/mol. The Kier molecular flexibility index (Phi) is 3.90. The molecule has 0 bridgehead atoms. The van der Waals surface area contributed by atoms with Crippen LogP contribution >= 0.6 is 0 Å². The van der Waals surface area contributed by atoms with Gasteiger partial charge in [0, 0.05) is 26.1 Å². The van der Waals surface area contributed by atoms with E-state index >= 15 is 0 Å². The highest BCUT2D eigenvalue weighted by Crippen LogP contribution is 2.40. The molecule has 7 heteroatoms. The SMILES string of the molecule is CCc1nc(CN2CCCn3nc([C@H](O)C4CC4)cc3C2)no1. The molecule has 1 atom stereocenters. The molecule has 0 radical (unpaired) electrons. The van der Waals surface area contributed by atoms with Crippen molar-refractivity contribution < 1.29 is 9.63 Å². The highest BCUT2D eigenvalue weighted by Gasteiger charge is 2.33. The molecule has 2 aromatic heterocycles. The Bertz CT molecular complexity index is 676. The van der Waals surface area contributed by atoms with Crippen LogP contribution in [0.25, 0.3) is 0 Å². The molecule has 0 spiro atoms. The van der Waals surface area contributed by atoms with E-state index < -0.39 is 6.10 Å². The summed E-state index contributed by atoms with van der Waals surface area (Å²) in [5.41, 5.74) is 1.99. The molecule has 1 saturated carbocycles. The first-order valence-electron chi connectivity index (χ1n) is 8.51. The summed E-state index contributed by atoms with van der Waals surface area (Å²) in [6, 6.07) is 2.06. The summed E-state index contributed by atoms with van der Waals surface area (Å²) in [5.74, 6) is 1.85. The normalized spacial score (nSPS) is 20.3. The van der Waals surface area contributed by atoms with Crippen molar-refractivity contribution in [1.29, 1.82) is 0 Å². The molecule has 0 amide bonds. The lowest BCUT2D eigenvalue weighted by atomic mass is 10.1. The summed E-state index contributed by atoms with van der Waals surface area (Å²) in [4.78, 5) is 6.71. The Hall–Kier alpha value is -1.73. The van der Waals surface area contributed by atoms with Crippen LogP contribution in [0.2, 0.25) is 0 Å². The molecule has 2 aliphatic rings. The van der Waals surface area contributed by atoms with Gasteiger partial charge in [0.05, 0.1) is 17.9 Å². The number of aryl methyl sites for hydroxylation is 2. The van der Waals surface area contributed by atoms with E-state index in [9.17, 15) is 5.11 Å². The molecule has 1 aliphatic carbocycles. The Morgan fingerprint density at radius 3 is 3.00 bits per heavy atom. The number of hydrogen-bond acceptors (Lipinski definition) is 6. The average Bonchev–Trinajstić information content (AvgIpc) is 3.23. The summed E-state index contributed by atoms with van der Waals surface area (Å²) in [6.07, 6.45) is 3.64. The maximum Gasteiger partial charge on any atom is 0.226 e. The van der Waals surface area contributed by atoms with Crippen molar-refractivity contribution in [1.82, 2.24) is 24.8 Å². The molecular weight excluding hydrogens is 294 g/mol. The van der Waals surface area contributed by atoms with Gasteiger partial charge in [-0.05, 0) is 31.2 Å². The molecule has 1 fully saturated rings. The summed E-state index contributed by atoms with van der Waals surface area (Å²) >= 11 is 0. The lowest BCUT2D eigenvalue weighted by molar-refractivity contribution is 0.148. The monoisotopic (exact) mass is 317 g/mol. The fourth-order valence-corrected chi connectivity index (χ4v) is 3.18. The largest absolute Gasteiger partial charge is 0.386 e. The molecule has 0 aromatic carbocycles. The van der Waals surface area contributed by atoms with Crippen LogP contribution in [-0.2, 0) is 26.1 Å². The number of rotatable bonds is 5. The second kappa shape index (κ2) is 6.05. The highest BCUT2D eigenvalue weighted by molar-refractivity contribution is 5.15. The molecule has 3 heterocycles. The first-order chi connectivity index (χ1) is 11.2. The van der Waals surface area contributed by atoms with Crippen LogP contribution in [0.1, 0.15) is 55.4 Å². The molecule has 1 N–H and O–H groups in total. The molecular formula is C16H23N5O2.